The molecule has 0 aliphatic carbocycles. The molecule has 0 fully saturated rings. The van der Waals surface area contributed by atoms with Gasteiger partial charge in [-0.05, 0) is 20.8 Å². The minimum absolute atomic E-state index is 0.120. The molecule has 0 bridgehead atoms. The van der Waals surface area contributed by atoms with Gasteiger partial charge in [0.05, 0.1) is 12.8 Å². The van der Waals surface area contributed by atoms with Crippen LogP contribution in [0.1, 0.15) is 32.4 Å². The van der Waals surface area contributed by atoms with Gasteiger partial charge in [-0.15, -0.1) is 0 Å². The van der Waals surface area contributed by atoms with Gasteiger partial charge in [0.25, 0.3) is 0 Å². The van der Waals surface area contributed by atoms with Crippen LogP contribution in [0.2, 0.25) is 0 Å². The first-order valence-corrected chi connectivity index (χ1v) is 5.06. The second-order valence-corrected chi connectivity index (χ2v) is 3.60. The van der Waals surface area contributed by atoms with E-state index in [0.717, 1.165) is 12.1 Å². The van der Waals surface area contributed by atoms with Gasteiger partial charge < -0.3 is 10.4 Å². The van der Waals surface area contributed by atoms with Crippen LogP contribution in [0.5, 0.6) is 0 Å². The van der Waals surface area contributed by atoms with E-state index in [1.165, 1.54) is 0 Å². The number of nitrogens with one attached hydrogen (secondary N) is 1. The number of aliphatic hydroxyl groups is 1. The maximum absolute atomic E-state index is 8.90. The van der Waals surface area contributed by atoms with Crippen molar-refractivity contribution in [3.63, 3.8) is 0 Å². The van der Waals surface area contributed by atoms with E-state index in [-0.39, 0.29) is 18.7 Å². The molecule has 1 rings (SSSR count). The van der Waals surface area contributed by atoms with Crippen LogP contribution >= 0.6 is 0 Å². The lowest BCUT2D eigenvalue weighted by Crippen LogP contribution is -2.31. The largest absolute Gasteiger partial charge is 0.395 e. The van der Waals surface area contributed by atoms with E-state index in [1.54, 1.807) is 0 Å². The maximum atomic E-state index is 8.90. The van der Waals surface area contributed by atoms with E-state index in [2.05, 4.69) is 24.3 Å². The zero-order valence-corrected chi connectivity index (χ0v) is 9.07. The van der Waals surface area contributed by atoms with Gasteiger partial charge in [-0.1, -0.05) is 0 Å². The molecule has 0 saturated heterocycles. The molecule has 4 nitrogen and oxygen atoms in total. The Morgan fingerprint density at radius 1 is 1.57 bits per heavy atom. The summed E-state index contributed by atoms with van der Waals surface area (Å²) in [4.78, 5) is 0. The predicted molar refractivity (Wildman–Crippen MR) is 56.0 cm³/mol. The summed E-state index contributed by atoms with van der Waals surface area (Å²) in [5.41, 5.74) is 1.16. The number of rotatable bonds is 5. The number of aliphatic hydroxyl groups excluding tert-OH is 1. The lowest BCUT2D eigenvalue weighted by atomic mass is 10.1. The van der Waals surface area contributed by atoms with Crippen LogP contribution in [0.3, 0.4) is 0 Å². The van der Waals surface area contributed by atoms with Crippen molar-refractivity contribution in [1.29, 1.82) is 0 Å². The van der Waals surface area contributed by atoms with E-state index < -0.39 is 0 Å². The summed E-state index contributed by atoms with van der Waals surface area (Å²) in [6.07, 6.45) is 3.90. The fourth-order valence-electron chi connectivity index (χ4n) is 1.35. The quantitative estimate of drug-likeness (QED) is 0.738. The van der Waals surface area contributed by atoms with E-state index in [9.17, 15) is 0 Å². The molecule has 0 saturated carbocycles. The molecule has 1 aromatic rings. The van der Waals surface area contributed by atoms with Gasteiger partial charge in [-0.2, -0.15) is 5.10 Å². The molecule has 0 spiro atoms. The highest BCUT2D eigenvalue weighted by Gasteiger charge is 2.09. The molecule has 0 radical (unpaired) electrons. The second kappa shape index (κ2) is 5.12. The van der Waals surface area contributed by atoms with Crippen LogP contribution in [-0.4, -0.2) is 27.5 Å². The Balaban J connectivity index is 2.55. The van der Waals surface area contributed by atoms with Crippen molar-refractivity contribution in [2.75, 3.05) is 6.61 Å². The standard InChI is InChI=1S/C10H19N3O/c1-4-13-6-10(5-11-13)9(3)12-8(2)7-14/h5-6,8-9,12,14H,4,7H2,1-3H3. The molecule has 1 heterocycles. The summed E-state index contributed by atoms with van der Waals surface area (Å²) in [7, 11) is 0. The van der Waals surface area contributed by atoms with Crippen molar-refractivity contribution in [3.8, 4) is 0 Å². The molecule has 0 aliphatic rings. The molecule has 4 heteroatoms. The molecule has 80 valence electrons. The third kappa shape index (κ3) is 2.82. The molecule has 1 aromatic heterocycles. The van der Waals surface area contributed by atoms with Crippen molar-refractivity contribution < 1.29 is 5.11 Å². The third-order valence-corrected chi connectivity index (χ3v) is 2.29. The monoisotopic (exact) mass is 197 g/mol. The van der Waals surface area contributed by atoms with E-state index >= 15 is 0 Å². The van der Waals surface area contributed by atoms with Crippen molar-refractivity contribution >= 4 is 0 Å². The predicted octanol–water partition coefficient (Wildman–Crippen LogP) is 0.934. The maximum Gasteiger partial charge on any atom is 0.0582 e. The summed E-state index contributed by atoms with van der Waals surface area (Å²) < 4.78 is 1.90. The van der Waals surface area contributed by atoms with Gasteiger partial charge in [0.1, 0.15) is 0 Å². The van der Waals surface area contributed by atoms with Crippen LogP contribution in [0, 0.1) is 0 Å². The second-order valence-electron chi connectivity index (χ2n) is 3.60. The van der Waals surface area contributed by atoms with Crippen molar-refractivity contribution in [2.45, 2.75) is 39.4 Å². The Morgan fingerprint density at radius 3 is 2.79 bits per heavy atom. The van der Waals surface area contributed by atoms with Gasteiger partial charge >= 0.3 is 0 Å². The molecule has 2 atom stereocenters. The summed E-state index contributed by atoms with van der Waals surface area (Å²) >= 11 is 0. The lowest BCUT2D eigenvalue weighted by molar-refractivity contribution is 0.243. The fraction of sp³-hybridized carbons (Fsp3) is 0.700. The van der Waals surface area contributed by atoms with Crippen molar-refractivity contribution in [3.05, 3.63) is 18.0 Å². The van der Waals surface area contributed by atoms with Crippen molar-refractivity contribution in [2.24, 2.45) is 0 Å². The van der Waals surface area contributed by atoms with Crippen LogP contribution in [0.4, 0.5) is 0 Å². The van der Waals surface area contributed by atoms with Gasteiger partial charge in [0, 0.05) is 30.4 Å². The first-order valence-electron chi connectivity index (χ1n) is 5.06. The first-order chi connectivity index (χ1) is 6.67. The molecule has 0 amide bonds. The van der Waals surface area contributed by atoms with E-state index in [4.69, 9.17) is 5.11 Å². The van der Waals surface area contributed by atoms with E-state index in [0.29, 0.717) is 0 Å². The lowest BCUT2D eigenvalue weighted by Gasteiger charge is -2.16. The number of hydrogen-bond donors (Lipinski definition) is 2. The molecule has 14 heavy (non-hydrogen) atoms. The number of hydrogen-bond acceptors (Lipinski definition) is 3. The summed E-state index contributed by atoms with van der Waals surface area (Å²) in [5, 5.41) is 16.4. The van der Waals surface area contributed by atoms with Crippen LogP contribution in [0.15, 0.2) is 12.4 Å². The smallest absolute Gasteiger partial charge is 0.0582 e. The number of aryl methyl sites for hydroxylation is 1. The molecule has 0 aromatic carbocycles. The first kappa shape index (κ1) is 11.2. The van der Waals surface area contributed by atoms with Crippen LogP contribution in [0.25, 0.3) is 0 Å². The number of nitrogens with zero attached hydrogens (tertiary/aromatic N) is 2. The molecule has 2 unspecified atom stereocenters. The van der Waals surface area contributed by atoms with Gasteiger partial charge in [0.15, 0.2) is 0 Å². The zero-order chi connectivity index (χ0) is 10.6. The highest BCUT2D eigenvalue weighted by atomic mass is 16.3. The minimum atomic E-state index is 0.120. The molecular weight excluding hydrogens is 178 g/mol. The summed E-state index contributed by atoms with van der Waals surface area (Å²) in [6, 6.07) is 0.354. The normalized spacial score (nSPS) is 15.4. The Labute approximate surface area is 84.9 Å². The minimum Gasteiger partial charge on any atom is -0.395 e. The SMILES string of the molecule is CCn1cc(C(C)NC(C)CO)cn1. The van der Waals surface area contributed by atoms with Crippen LogP contribution < -0.4 is 5.32 Å². The Hall–Kier alpha value is -0.870. The highest BCUT2D eigenvalue weighted by Crippen LogP contribution is 2.11. The number of aromatic nitrogens is 2. The van der Waals surface area contributed by atoms with E-state index in [1.807, 2.05) is 24.0 Å². The average molecular weight is 197 g/mol. The molecule has 0 aliphatic heterocycles. The van der Waals surface area contributed by atoms with Gasteiger partial charge in [0.2, 0.25) is 0 Å². The Bertz CT molecular complexity index is 272. The highest BCUT2D eigenvalue weighted by molar-refractivity contribution is 5.09. The van der Waals surface area contributed by atoms with Crippen molar-refractivity contribution in [1.82, 2.24) is 15.1 Å². The third-order valence-electron chi connectivity index (χ3n) is 2.29. The van der Waals surface area contributed by atoms with Gasteiger partial charge in [-0.25, -0.2) is 0 Å². The Morgan fingerprint density at radius 2 is 2.29 bits per heavy atom. The average Bonchev–Trinajstić information content (AvgIpc) is 2.65. The fourth-order valence-corrected chi connectivity index (χ4v) is 1.35. The Kier molecular flexibility index (Phi) is 4.10. The van der Waals surface area contributed by atoms with Crippen LogP contribution in [-0.2, 0) is 6.54 Å². The zero-order valence-electron chi connectivity index (χ0n) is 9.07. The molecule has 2 N–H and O–H groups in total. The summed E-state index contributed by atoms with van der Waals surface area (Å²) in [6.45, 7) is 7.14. The van der Waals surface area contributed by atoms with Gasteiger partial charge in [-0.3, -0.25) is 4.68 Å². The summed E-state index contributed by atoms with van der Waals surface area (Å²) in [5.74, 6) is 0. The topological polar surface area (TPSA) is 50.1 Å². The molecular formula is C10H19N3O.